The van der Waals surface area contributed by atoms with Gasteiger partial charge in [-0.1, -0.05) is 60.7 Å². The van der Waals surface area contributed by atoms with Crippen molar-refractivity contribution in [1.29, 1.82) is 0 Å². The molecule has 228 valence electrons. The predicted molar refractivity (Wildman–Crippen MR) is 167 cm³/mol. The number of hydrogen-bond acceptors (Lipinski definition) is 9. The summed E-state index contributed by atoms with van der Waals surface area (Å²) >= 11 is 0. The van der Waals surface area contributed by atoms with Crippen LogP contribution >= 0.6 is 7.60 Å². The molecule has 0 fully saturated rings. The highest BCUT2D eigenvalue weighted by Gasteiger charge is 2.25. The van der Waals surface area contributed by atoms with E-state index in [1.165, 1.54) is 6.07 Å². The van der Waals surface area contributed by atoms with Gasteiger partial charge < -0.3 is 32.8 Å². The zero-order chi connectivity index (χ0) is 30.9. The lowest BCUT2D eigenvalue weighted by Crippen LogP contribution is -2.11. The van der Waals surface area contributed by atoms with Gasteiger partial charge in [0.15, 0.2) is 12.1 Å². The van der Waals surface area contributed by atoms with Crippen molar-refractivity contribution in [2.45, 2.75) is 27.1 Å². The Balaban J connectivity index is 1.49. The molecule has 1 aromatic heterocycles. The van der Waals surface area contributed by atoms with Crippen LogP contribution in [0.5, 0.6) is 23.0 Å². The fourth-order valence-corrected chi connectivity index (χ4v) is 5.81. The van der Waals surface area contributed by atoms with E-state index in [0.717, 1.165) is 11.1 Å². The van der Waals surface area contributed by atoms with Crippen molar-refractivity contribution in [2.75, 3.05) is 19.6 Å². The maximum atomic E-state index is 13.8. The summed E-state index contributed by atoms with van der Waals surface area (Å²) in [5, 5.41) is 10.9. The van der Waals surface area contributed by atoms with Crippen LogP contribution in [0.25, 0.3) is 22.3 Å². The van der Waals surface area contributed by atoms with E-state index in [9.17, 15) is 14.5 Å². The van der Waals surface area contributed by atoms with Gasteiger partial charge in [0.05, 0.1) is 13.2 Å². The van der Waals surface area contributed by atoms with Gasteiger partial charge in [-0.05, 0) is 49.2 Å². The highest BCUT2D eigenvalue weighted by atomic mass is 31.2. The van der Waals surface area contributed by atoms with Gasteiger partial charge in [0.25, 0.3) is 0 Å². The quantitative estimate of drug-likeness (QED) is 0.124. The number of rotatable bonds is 14. The Morgan fingerprint density at radius 1 is 0.727 bits per heavy atom. The van der Waals surface area contributed by atoms with E-state index in [-0.39, 0.29) is 61.0 Å². The molecule has 4 aromatic carbocycles. The molecule has 0 unspecified atom stereocenters. The molecule has 0 aliphatic carbocycles. The molecule has 0 atom stereocenters. The Labute approximate surface area is 255 Å². The monoisotopic (exact) mass is 616 g/mol. The smallest absolute Gasteiger partial charge is 0.367 e. The summed E-state index contributed by atoms with van der Waals surface area (Å²) in [6.45, 7) is 4.28. The summed E-state index contributed by atoms with van der Waals surface area (Å²) < 4.78 is 47.2. The van der Waals surface area contributed by atoms with Gasteiger partial charge in [0, 0.05) is 17.7 Å². The summed E-state index contributed by atoms with van der Waals surface area (Å²) in [6, 6.07) is 28.6. The molecule has 5 rings (SSSR count). The van der Waals surface area contributed by atoms with Crippen LogP contribution in [0, 0.1) is 0 Å². The zero-order valence-electron chi connectivity index (χ0n) is 24.4. The fraction of sp³-hybridized carbons (Fsp3) is 0.206. The summed E-state index contributed by atoms with van der Waals surface area (Å²) in [5.41, 5.74) is 1.92. The van der Waals surface area contributed by atoms with E-state index < -0.39 is 13.0 Å². The summed E-state index contributed by atoms with van der Waals surface area (Å²) in [7, 11) is -3.41. The Morgan fingerprint density at radius 2 is 1.32 bits per heavy atom. The third kappa shape index (κ3) is 7.50. The van der Waals surface area contributed by atoms with Crippen molar-refractivity contribution >= 4 is 18.6 Å². The average Bonchev–Trinajstić information content (AvgIpc) is 3.03. The highest BCUT2D eigenvalue weighted by molar-refractivity contribution is 7.53. The van der Waals surface area contributed by atoms with E-state index in [2.05, 4.69) is 0 Å². The van der Waals surface area contributed by atoms with Crippen molar-refractivity contribution in [3.63, 3.8) is 0 Å². The number of ether oxygens (including phenoxy) is 3. The molecule has 0 radical (unpaired) electrons. The Morgan fingerprint density at radius 3 is 1.91 bits per heavy atom. The third-order valence-corrected chi connectivity index (χ3v) is 8.29. The third-order valence-electron chi connectivity index (χ3n) is 6.54. The lowest BCUT2D eigenvalue weighted by atomic mass is 10.1. The van der Waals surface area contributed by atoms with Crippen LogP contribution in [-0.4, -0.2) is 24.7 Å². The Hall–Kier alpha value is -4.56. The highest BCUT2D eigenvalue weighted by Crippen LogP contribution is 2.48. The first-order valence-corrected chi connectivity index (χ1v) is 15.9. The molecule has 0 aliphatic rings. The number of phenolic OH excluding ortho intramolecular Hbond substituents is 1. The summed E-state index contributed by atoms with van der Waals surface area (Å²) in [6.07, 6.45) is -0.254. The minimum absolute atomic E-state index is 0.0218. The molecule has 10 heteroatoms. The van der Waals surface area contributed by atoms with Crippen LogP contribution in [0.4, 0.5) is 0 Å². The van der Waals surface area contributed by atoms with E-state index in [0.29, 0.717) is 17.1 Å². The molecule has 0 spiro atoms. The maximum Gasteiger partial charge on any atom is 0.367 e. The van der Waals surface area contributed by atoms with Gasteiger partial charge in [-0.2, -0.15) is 0 Å². The van der Waals surface area contributed by atoms with E-state index >= 15 is 0 Å². The second kappa shape index (κ2) is 14.3. The van der Waals surface area contributed by atoms with E-state index in [1.54, 1.807) is 44.2 Å². The van der Waals surface area contributed by atoms with Crippen molar-refractivity contribution in [1.82, 2.24) is 0 Å². The Bertz CT molecular complexity index is 1780. The second-order valence-electron chi connectivity index (χ2n) is 9.70. The van der Waals surface area contributed by atoms with Crippen molar-refractivity contribution in [2.24, 2.45) is 0 Å². The lowest BCUT2D eigenvalue weighted by molar-refractivity contribution is 0.197. The van der Waals surface area contributed by atoms with Gasteiger partial charge in [0.1, 0.15) is 41.4 Å². The molecule has 0 bridgehead atoms. The first kappa shape index (κ1) is 30.9. The predicted octanol–water partition coefficient (Wildman–Crippen LogP) is 7.93. The number of hydrogen-bond donors (Lipinski definition) is 1. The molecular formula is C34H33O9P. The molecule has 44 heavy (non-hydrogen) atoms. The summed E-state index contributed by atoms with van der Waals surface area (Å²) in [4.78, 5) is 13.8. The first-order chi connectivity index (χ1) is 21.4. The summed E-state index contributed by atoms with van der Waals surface area (Å²) in [5.74, 6) is 0.576. The molecule has 0 saturated carbocycles. The fourth-order valence-electron chi connectivity index (χ4n) is 4.49. The van der Waals surface area contributed by atoms with Crippen molar-refractivity contribution in [3.8, 4) is 34.3 Å². The van der Waals surface area contributed by atoms with Crippen LogP contribution < -0.4 is 19.6 Å². The number of fused-ring (bicyclic) bond motifs is 1. The zero-order valence-corrected chi connectivity index (χ0v) is 25.3. The van der Waals surface area contributed by atoms with Gasteiger partial charge in [-0.15, -0.1) is 0 Å². The van der Waals surface area contributed by atoms with Crippen LogP contribution in [0.15, 0.2) is 106 Å². The van der Waals surface area contributed by atoms with E-state index in [1.807, 2.05) is 60.7 Å². The number of aromatic hydroxyl groups is 1. The van der Waals surface area contributed by atoms with Crippen LogP contribution in [-0.2, 0) is 26.8 Å². The molecular weight excluding hydrogens is 583 g/mol. The molecule has 0 saturated heterocycles. The van der Waals surface area contributed by atoms with Crippen LogP contribution in [0.3, 0.4) is 0 Å². The van der Waals surface area contributed by atoms with Gasteiger partial charge in [-0.3, -0.25) is 9.36 Å². The minimum Gasteiger partial charge on any atom is -0.507 e. The molecule has 0 aliphatic heterocycles. The minimum atomic E-state index is -3.41. The van der Waals surface area contributed by atoms with Crippen molar-refractivity contribution < 1.29 is 37.3 Å². The lowest BCUT2D eigenvalue weighted by Gasteiger charge is -2.17. The molecule has 1 heterocycles. The first-order valence-electron chi connectivity index (χ1n) is 14.2. The SMILES string of the molecule is CCOP(=O)(COc1ccc(-c2oc3cc(OCc4ccccc4)cc(O)c3c(=O)c2OCc2ccccc2)cc1)OCC. The second-order valence-corrected chi connectivity index (χ2v) is 11.7. The standard InChI is InChI=1S/C34H33O9P/c1-3-41-44(37,42-4-2)23-40-27-17-15-26(16-18-27)33-34(39-22-25-13-9-6-10-14-25)32(36)31-29(35)19-28(20-30(31)43-33)38-21-24-11-7-5-8-12-24/h5-20,35H,3-4,21-23H2,1-2H3. The van der Waals surface area contributed by atoms with Crippen LogP contribution in [0.2, 0.25) is 0 Å². The molecule has 0 amide bonds. The van der Waals surface area contributed by atoms with Gasteiger partial charge >= 0.3 is 7.60 Å². The number of phenols is 1. The molecule has 1 N–H and O–H groups in total. The van der Waals surface area contributed by atoms with Crippen LogP contribution in [0.1, 0.15) is 25.0 Å². The largest absolute Gasteiger partial charge is 0.507 e. The molecule has 9 nitrogen and oxygen atoms in total. The Kier molecular flexibility index (Phi) is 10.0. The van der Waals surface area contributed by atoms with Gasteiger partial charge in [-0.25, -0.2) is 0 Å². The topological polar surface area (TPSA) is 114 Å². The average molecular weight is 617 g/mol. The normalized spacial score (nSPS) is 11.4. The van der Waals surface area contributed by atoms with E-state index in [4.69, 9.17) is 27.7 Å². The maximum absolute atomic E-state index is 13.8. The molecule has 5 aromatic rings. The number of benzene rings is 4. The van der Waals surface area contributed by atoms with Crippen molar-refractivity contribution in [3.05, 3.63) is 118 Å². The van der Waals surface area contributed by atoms with Gasteiger partial charge in [0.2, 0.25) is 11.2 Å².